The highest BCUT2D eigenvalue weighted by atomic mass is 16.5. The molecule has 1 aliphatic carbocycles. The van der Waals surface area contributed by atoms with Gasteiger partial charge in [0.25, 0.3) is 0 Å². The van der Waals surface area contributed by atoms with Gasteiger partial charge in [-0.1, -0.05) is 19.9 Å². The second kappa shape index (κ2) is 6.36. The Morgan fingerprint density at radius 3 is 2.84 bits per heavy atom. The fourth-order valence-electron chi connectivity index (χ4n) is 4.55. The standard InChI is InChI=1S/C20H28N2O3/c1-19(2)13-20(25-14-19)8-6-15(7-9-20)16-11-22(21-17(16)12-23)18-5-3-4-10-24-18/h6,11-12,18H,3-5,7-10,13-14H2,1-2H3/t18-,20-/m1/s1. The number of hydrogen-bond donors (Lipinski definition) is 0. The van der Waals surface area contributed by atoms with Gasteiger partial charge in [0.05, 0.1) is 12.2 Å². The molecule has 0 unspecified atom stereocenters. The summed E-state index contributed by atoms with van der Waals surface area (Å²) in [6, 6.07) is 0. The normalized spacial score (nSPS) is 31.9. The number of nitrogens with zero attached hydrogens (tertiary/aromatic N) is 2. The molecule has 0 aromatic carbocycles. The first-order valence-electron chi connectivity index (χ1n) is 9.50. The lowest BCUT2D eigenvalue weighted by Crippen LogP contribution is -2.30. The summed E-state index contributed by atoms with van der Waals surface area (Å²) >= 11 is 0. The molecular weight excluding hydrogens is 316 g/mol. The van der Waals surface area contributed by atoms with E-state index in [0.717, 1.165) is 70.0 Å². The number of aromatic nitrogens is 2. The summed E-state index contributed by atoms with van der Waals surface area (Å²) in [6.45, 7) is 6.17. The molecule has 3 heterocycles. The van der Waals surface area contributed by atoms with Crippen molar-refractivity contribution in [3.05, 3.63) is 23.5 Å². The number of hydrogen-bond acceptors (Lipinski definition) is 4. The van der Waals surface area contributed by atoms with Crippen LogP contribution in [0.25, 0.3) is 5.57 Å². The van der Waals surface area contributed by atoms with E-state index in [0.29, 0.717) is 5.69 Å². The first-order chi connectivity index (χ1) is 12.0. The molecule has 2 fully saturated rings. The van der Waals surface area contributed by atoms with Crippen LogP contribution in [0, 0.1) is 5.41 Å². The molecule has 2 atom stereocenters. The minimum Gasteiger partial charge on any atom is -0.374 e. The molecule has 4 rings (SSSR count). The smallest absolute Gasteiger partial charge is 0.170 e. The van der Waals surface area contributed by atoms with Crippen LogP contribution in [-0.2, 0) is 9.47 Å². The predicted octanol–water partition coefficient (Wildman–Crippen LogP) is 4.15. The molecule has 5 heteroatoms. The molecule has 1 aromatic rings. The SMILES string of the molecule is CC1(C)CO[C@@]2(CC=C(c3cn([C@H]4CCCCO4)nc3C=O)CC2)C1. The van der Waals surface area contributed by atoms with Crippen molar-refractivity contribution in [3.63, 3.8) is 0 Å². The number of ether oxygens (including phenoxy) is 2. The topological polar surface area (TPSA) is 53.4 Å². The van der Waals surface area contributed by atoms with Crippen LogP contribution in [0.15, 0.2) is 12.3 Å². The van der Waals surface area contributed by atoms with Gasteiger partial charge in [-0.2, -0.15) is 5.10 Å². The molecule has 5 nitrogen and oxygen atoms in total. The van der Waals surface area contributed by atoms with Crippen molar-refractivity contribution in [1.82, 2.24) is 9.78 Å². The van der Waals surface area contributed by atoms with E-state index in [2.05, 4.69) is 25.0 Å². The van der Waals surface area contributed by atoms with Crippen molar-refractivity contribution < 1.29 is 14.3 Å². The van der Waals surface area contributed by atoms with Gasteiger partial charge in [0, 0.05) is 18.4 Å². The van der Waals surface area contributed by atoms with E-state index in [4.69, 9.17) is 9.47 Å². The third kappa shape index (κ3) is 3.32. The molecule has 2 saturated heterocycles. The van der Waals surface area contributed by atoms with Crippen LogP contribution in [0.5, 0.6) is 0 Å². The van der Waals surface area contributed by atoms with Crippen molar-refractivity contribution in [2.45, 2.75) is 70.6 Å². The fourth-order valence-corrected chi connectivity index (χ4v) is 4.55. The summed E-state index contributed by atoms with van der Waals surface area (Å²) in [5.74, 6) is 0. The summed E-state index contributed by atoms with van der Waals surface area (Å²) in [4.78, 5) is 11.5. The molecule has 0 radical (unpaired) electrons. The quantitative estimate of drug-likeness (QED) is 0.773. The van der Waals surface area contributed by atoms with Crippen LogP contribution in [0.1, 0.15) is 81.1 Å². The predicted molar refractivity (Wildman–Crippen MR) is 95.4 cm³/mol. The van der Waals surface area contributed by atoms with Crippen LogP contribution in [-0.4, -0.2) is 34.9 Å². The number of carbonyl (C=O) groups is 1. The first kappa shape index (κ1) is 17.0. The second-order valence-electron chi connectivity index (χ2n) is 8.59. The summed E-state index contributed by atoms with van der Waals surface area (Å²) in [6.07, 6.45) is 12.3. The van der Waals surface area contributed by atoms with Crippen LogP contribution in [0.2, 0.25) is 0 Å². The monoisotopic (exact) mass is 344 g/mol. The second-order valence-corrected chi connectivity index (χ2v) is 8.59. The maximum Gasteiger partial charge on any atom is 0.170 e. The van der Waals surface area contributed by atoms with Crippen LogP contribution >= 0.6 is 0 Å². The van der Waals surface area contributed by atoms with Gasteiger partial charge in [-0.15, -0.1) is 0 Å². The van der Waals surface area contributed by atoms with E-state index < -0.39 is 0 Å². The minimum absolute atomic E-state index is 0.00316. The Labute approximate surface area is 149 Å². The van der Waals surface area contributed by atoms with Crippen molar-refractivity contribution >= 4 is 11.9 Å². The van der Waals surface area contributed by atoms with Crippen molar-refractivity contribution in [2.24, 2.45) is 5.41 Å². The number of rotatable bonds is 3. The van der Waals surface area contributed by atoms with E-state index in [1.807, 2.05) is 10.9 Å². The lowest BCUT2D eigenvalue weighted by atomic mass is 9.76. The van der Waals surface area contributed by atoms with Gasteiger partial charge in [0.15, 0.2) is 6.29 Å². The van der Waals surface area contributed by atoms with Gasteiger partial charge in [-0.05, 0) is 55.9 Å². The van der Waals surface area contributed by atoms with Gasteiger partial charge >= 0.3 is 0 Å². The number of carbonyl (C=O) groups excluding carboxylic acids is 1. The molecular formula is C20H28N2O3. The highest BCUT2D eigenvalue weighted by molar-refractivity contribution is 5.83. The average molecular weight is 344 g/mol. The Kier molecular flexibility index (Phi) is 4.32. The highest BCUT2D eigenvalue weighted by Crippen LogP contribution is 2.47. The third-order valence-corrected chi connectivity index (χ3v) is 5.81. The summed E-state index contributed by atoms with van der Waals surface area (Å²) < 4.78 is 13.8. The first-order valence-corrected chi connectivity index (χ1v) is 9.50. The fraction of sp³-hybridized carbons (Fsp3) is 0.700. The zero-order valence-corrected chi connectivity index (χ0v) is 15.3. The Balaban J connectivity index is 1.55. The van der Waals surface area contributed by atoms with Gasteiger partial charge < -0.3 is 9.47 Å². The summed E-state index contributed by atoms with van der Waals surface area (Å²) in [7, 11) is 0. The van der Waals surface area contributed by atoms with Gasteiger partial charge in [-0.25, -0.2) is 4.68 Å². The zero-order valence-electron chi connectivity index (χ0n) is 15.3. The molecule has 0 bridgehead atoms. The molecule has 1 spiro atoms. The van der Waals surface area contributed by atoms with Crippen LogP contribution in [0.4, 0.5) is 0 Å². The van der Waals surface area contributed by atoms with E-state index in [1.165, 1.54) is 5.57 Å². The van der Waals surface area contributed by atoms with Crippen molar-refractivity contribution in [1.29, 1.82) is 0 Å². The highest BCUT2D eigenvalue weighted by Gasteiger charge is 2.45. The van der Waals surface area contributed by atoms with Gasteiger partial charge in [-0.3, -0.25) is 4.79 Å². The number of aldehydes is 1. The maximum absolute atomic E-state index is 11.5. The molecule has 2 aliphatic heterocycles. The average Bonchev–Trinajstić information content (AvgIpc) is 3.18. The van der Waals surface area contributed by atoms with Crippen molar-refractivity contribution in [2.75, 3.05) is 13.2 Å². The van der Waals surface area contributed by atoms with Crippen LogP contribution in [0.3, 0.4) is 0 Å². The molecule has 0 N–H and O–H groups in total. The third-order valence-electron chi connectivity index (χ3n) is 5.81. The van der Waals surface area contributed by atoms with Gasteiger partial charge in [0.1, 0.15) is 11.9 Å². The van der Waals surface area contributed by atoms with Gasteiger partial charge in [0.2, 0.25) is 0 Å². The summed E-state index contributed by atoms with van der Waals surface area (Å²) in [5.41, 5.74) is 2.99. The Hall–Kier alpha value is -1.46. The molecule has 25 heavy (non-hydrogen) atoms. The Morgan fingerprint density at radius 2 is 2.24 bits per heavy atom. The molecule has 136 valence electrons. The van der Waals surface area contributed by atoms with E-state index in [-0.39, 0.29) is 17.2 Å². The van der Waals surface area contributed by atoms with E-state index in [9.17, 15) is 4.79 Å². The number of allylic oxidation sites excluding steroid dienone is 1. The van der Waals surface area contributed by atoms with Crippen LogP contribution < -0.4 is 0 Å². The zero-order chi connectivity index (χ0) is 17.5. The van der Waals surface area contributed by atoms with E-state index >= 15 is 0 Å². The molecule has 0 amide bonds. The lowest BCUT2D eigenvalue weighted by Gasteiger charge is -2.32. The molecule has 3 aliphatic rings. The van der Waals surface area contributed by atoms with E-state index in [1.54, 1.807) is 0 Å². The largest absolute Gasteiger partial charge is 0.374 e. The Morgan fingerprint density at radius 1 is 1.36 bits per heavy atom. The van der Waals surface area contributed by atoms with Crippen molar-refractivity contribution in [3.8, 4) is 0 Å². The molecule has 0 saturated carbocycles. The minimum atomic E-state index is -0.0318. The lowest BCUT2D eigenvalue weighted by molar-refractivity contribution is -0.0395. The Bertz CT molecular complexity index is 685. The molecule has 1 aromatic heterocycles. The maximum atomic E-state index is 11.5. The summed E-state index contributed by atoms with van der Waals surface area (Å²) in [5, 5.41) is 4.49.